The topological polar surface area (TPSA) is 91.9 Å². The maximum Gasteiger partial charge on any atom is 0.410 e. The number of ether oxygens (including phenoxy) is 1. The van der Waals surface area contributed by atoms with Crippen molar-refractivity contribution < 1.29 is 19.1 Å². The van der Waals surface area contributed by atoms with Crippen molar-refractivity contribution in [2.45, 2.75) is 51.3 Å². The summed E-state index contributed by atoms with van der Waals surface area (Å²) in [6, 6.07) is 3.99. The highest BCUT2D eigenvalue weighted by Gasteiger charge is 2.45. The van der Waals surface area contributed by atoms with Crippen molar-refractivity contribution in [1.29, 1.82) is 0 Å². The molecule has 1 amide bonds. The largest absolute Gasteiger partial charge is 0.506 e. The zero-order chi connectivity index (χ0) is 21.0. The lowest BCUT2D eigenvalue weighted by atomic mass is 10.1. The van der Waals surface area contributed by atoms with E-state index in [2.05, 4.69) is 14.9 Å². The van der Waals surface area contributed by atoms with Crippen molar-refractivity contribution in [2.75, 3.05) is 18.0 Å². The van der Waals surface area contributed by atoms with Gasteiger partial charge in [0.15, 0.2) is 11.1 Å². The van der Waals surface area contributed by atoms with Crippen molar-refractivity contribution in [1.82, 2.24) is 14.9 Å². The van der Waals surface area contributed by atoms with Gasteiger partial charge in [-0.05, 0) is 45.7 Å². The molecule has 2 aliphatic rings. The number of phenols is 1. The molecule has 9 heteroatoms. The Morgan fingerprint density at radius 1 is 1.27 bits per heavy atom. The van der Waals surface area contributed by atoms with Crippen molar-refractivity contribution in [3.8, 4) is 17.0 Å². The van der Waals surface area contributed by atoms with Gasteiger partial charge in [0.25, 0.3) is 6.01 Å². The van der Waals surface area contributed by atoms with E-state index in [9.17, 15) is 9.90 Å². The number of carbonyl (C=O) groups excluding carboxylic acids is 1. The normalized spacial score (nSPS) is 21.4. The number of rotatable bonds is 2. The molecule has 4 heterocycles. The number of benzene rings is 1. The highest BCUT2D eigenvalue weighted by atomic mass is 32.1. The fourth-order valence-electron chi connectivity index (χ4n) is 4.34. The number of amides is 1. The van der Waals surface area contributed by atoms with E-state index < -0.39 is 5.60 Å². The molecular formula is C21H24N4O4S. The van der Waals surface area contributed by atoms with Gasteiger partial charge in [0.2, 0.25) is 0 Å². The van der Waals surface area contributed by atoms with E-state index in [1.165, 1.54) is 11.3 Å². The minimum Gasteiger partial charge on any atom is -0.506 e. The first kappa shape index (κ1) is 19.2. The highest BCUT2D eigenvalue weighted by Crippen LogP contribution is 2.39. The first-order valence-electron chi connectivity index (χ1n) is 10.1. The number of aromatic nitrogens is 2. The van der Waals surface area contributed by atoms with Crippen LogP contribution >= 0.6 is 11.3 Å². The number of phenolic OH excluding ortho intramolecular Hbond substituents is 1. The van der Waals surface area contributed by atoms with Crippen LogP contribution in [-0.2, 0) is 4.74 Å². The van der Waals surface area contributed by atoms with E-state index in [4.69, 9.17) is 9.15 Å². The highest BCUT2D eigenvalue weighted by molar-refractivity contribution is 7.07. The number of thiazole rings is 1. The summed E-state index contributed by atoms with van der Waals surface area (Å²) in [5, 5.41) is 12.3. The van der Waals surface area contributed by atoms with Gasteiger partial charge in [-0.1, -0.05) is 0 Å². The van der Waals surface area contributed by atoms with Gasteiger partial charge in [-0.25, -0.2) is 9.78 Å². The molecule has 8 nitrogen and oxygen atoms in total. The molecule has 1 aromatic carbocycles. The SMILES string of the molecule is CC(C)(C)OC(=O)N1C2CCC1CN(c1nc3c(O)ccc(-c4cscn4)c3o1)C2. The van der Waals surface area contributed by atoms with Gasteiger partial charge in [-0.2, -0.15) is 4.98 Å². The summed E-state index contributed by atoms with van der Waals surface area (Å²) in [6.07, 6.45) is 1.60. The predicted octanol–water partition coefficient (Wildman–Crippen LogP) is 4.25. The molecule has 2 saturated heterocycles. The average Bonchev–Trinajstić information content (AvgIpc) is 3.39. The van der Waals surface area contributed by atoms with Crippen molar-refractivity contribution >= 4 is 34.5 Å². The van der Waals surface area contributed by atoms with Gasteiger partial charge in [-0.3, -0.25) is 4.90 Å². The summed E-state index contributed by atoms with van der Waals surface area (Å²) >= 11 is 1.50. The summed E-state index contributed by atoms with van der Waals surface area (Å²) in [5.41, 5.74) is 3.80. The quantitative estimate of drug-likeness (QED) is 0.652. The van der Waals surface area contributed by atoms with Crippen LogP contribution in [0, 0.1) is 0 Å². The van der Waals surface area contributed by atoms with Crippen LogP contribution in [0.5, 0.6) is 5.75 Å². The number of fused-ring (bicyclic) bond motifs is 3. The third-order valence-corrected chi connectivity index (χ3v) is 6.16. The monoisotopic (exact) mass is 428 g/mol. The lowest BCUT2D eigenvalue weighted by molar-refractivity contribution is 0.0120. The number of anilines is 1. The Bertz CT molecular complexity index is 1070. The molecule has 5 rings (SSSR count). The van der Waals surface area contributed by atoms with Crippen LogP contribution in [-0.4, -0.2) is 56.8 Å². The molecule has 2 fully saturated rings. The third kappa shape index (κ3) is 3.27. The number of hydrogen-bond donors (Lipinski definition) is 1. The number of nitrogens with zero attached hydrogens (tertiary/aromatic N) is 4. The lowest BCUT2D eigenvalue weighted by Crippen LogP contribution is -2.56. The molecule has 0 saturated carbocycles. The number of aromatic hydroxyl groups is 1. The van der Waals surface area contributed by atoms with Gasteiger partial charge < -0.3 is 19.2 Å². The predicted molar refractivity (Wildman–Crippen MR) is 114 cm³/mol. The van der Waals surface area contributed by atoms with Crippen LogP contribution in [0.4, 0.5) is 10.8 Å². The van der Waals surface area contributed by atoms with E-state index in [0.29, 0.717) is 30.2 Å². The number of piperazine rings is 1. The minimum atomic E-state index is -0.516. The fraction of sp³-hybridized carbons (Fsp3) is 0.476. The van der Waals surface area contributed by atoms with Crippen molar-refractivity contribution in [2.24, 2.45) is 0 Å². The van der Waals surface area contributed by atoms with Crippen LogP contribution in [0.2, 0.25) is 0 Å². The second-order valence-electron chi connectivity index (χ2n) is 8.86. The molecular weight excluding hydrogens is 404 g/mol. The second-order valence-corrected chi connectivity index (χ2v) is 9.58. The molecule has 1 N–H and O–H groups in total. The standard InChI is InChI=1S/C21H24N4O4S/c1-21(2,3)29-20(27)25-12-4-5-13(25)9-24(8-12)19-23-17-16(26)7-6-14(18(17)28-19)15-10-30-11-22-15/h6-7,10-13,26H,4-5,8-9H2,1-3H3. The molecule has 2 unspecified atom stereocenters. The maximum atomic E-state index is 12.7. The summed E-state index contributed by atoms with van der Waals surface area (Å²) in [5.74, 6) is 0.0781. The molecule has 0 spiro atoms. The molecule has 2 bridgehead atoms. The van der Waals surface area contributed by atoms with E-state index in [1.54, 1.807) is 17.6 Å². The van der Waals surface area contributed by atoms with Crippen LogP contribution in [0.25, 0.3) is 22.4 Å². The van der Waals surface area contributed by atoms with Crippen LogP contribution in [0.15, 0.2) is 27.4 Å². The van der Waals surface area contributed by atoms with E-state index in [0.717, 1.165) is 24.1 Å². The first-order chi connectivity index (χ1) is 14.3. The Balaban J connectivity index is 1.43. The molecule has 2 aromatic heterocycles. The summed E-state index contributed by atoms with van der Waals surface area (Å²) < 4.78 is 11.7. The fourth-order valence-corrected chi connectivity index (χ4v) is 4.89. The minimum absolute atomic E-state index is 0.0558. The number of carbonyl (C=O) groups is 1. The van der Waals surface area contributed by atoms with Crippen LogP contribution in [0.3, 0.4) is 0 Å². The molecule has 158 valence electrons. The lowest BCUT2D eigenvalue weighted by Gasteiger charge is -2.40. The average molecular weight is 429 g/mol. The molecule has 3 aromatic rings. The Hall–Kier alpha value is -2.81. The van der Waals surface area contributed by atoms with Gasteiger partial charge >= 0.3 is 6.09 Å². The Labute approximate surface area is 178 Å². The van der Waals surface area contributed by atoms with E-state index in [-0.39, 0.29) is 23.9 Å². The third-order valence-electron chi connectivity index (χ3n) is 5.58. The van der Waals surface area contributed by atoms with Crippen molar-refractivity contribution in [3.05, 3.63) is 23.0 Å². The second kappa shape index (κ2) is 6.87. The smallest absolute Gasteiger partial charge is 0.410 e. The Morgan fingerprint density at radius 2 is 2.00 bits per heavy atom. The zero-order valence-corrected chi connectivity index (χ0v) is 18.0. The first-order valence-corrected chi connectivity index (χ1v) is 11.0. The van der Waals surface area contributed by atoms with Crippen LogP contribution < -0.4 is 4.90 Å². The zero-order valence-electron chi connectivity index (χ0n) is 17.2. The van der Waals surface area contributed by atoms with Crippen molar-refractivity contribution in [3.63, 3.8) is 0 Å². The molecule has 2 atom stereocenters. The number of hydrogen-bond acceptors (Lipinski definition) is 8. The number of oxazole rings is 1. The Kier molecular flexibility index (Phi) is 4.39. The van der Waals surface area contributed by atoms with Gasteiger partial charge in [0, 0.05) is 24.0 Å². The summed E-state index contributed by atoms with van der Waals surface area (Å²) in [7, 11) is 0. The summed E-state index contributed by atoms with van der Waals surface area (Å²) in [4.78, 5) is 25.6. The molecule has 30 heavy (non-hydrogen) atoms. The molecule has 0 aliphatic carbocycles. The van der Waals surface area contributed by atoms with Crippen LogP contribution in [0.1, 0.15) is 33.6 Å². The molecule has 2 aliphatic heterocycles. The van der Waals surface area contributed by atoms with Gasteiger partial charge in [-0.15, -0.1) is 11.3 Å². The van der Waals surface area contributed by atoms with Gasteiger partial charge in [0.05, 0.1) is 23.3 Å². The van der Waals surface area contributed by atoms with Gasteiger partial charge in [0.1, 0.15) is 11.4 Å². The summed E-state index contributed by atoms with van der Waals surface area (Å²) in [6.45, 7) is 6.89. The van der Waals surface area contributed by atoms with E-state index >= 15 is 0 Å². The Morgan fingerprint density at radius 3 is 2.63 bits per heavy atom. The molecule has 0 radical (unpaired) electrons. The van der Waals surface area contributed by atoms with E-state index in [1.807, 2.05) is 31.1 Å². The maximum absolute atomic E-state index is 12.7.